The molecule has 0 aromatic carbocycles. The molecular weight excluding hydrogens is 276 g/mol. The molecule has 2 fully saturated rings. The van der Waals surface area contributed by atoms with Crippen LogP contribution in [0.1, 0.15) is 72.6 Å². The van der Waals surface area contributed by atoms with Gasteiger partial charge in [0.1, 0.15) is 5.60 Å². The molecular formula is C18H34N2O2. The molecule has 2 aliphatic rings. The quantitative estimate of drug-likeness (QED) is 0.829. The van der Waals surface area contributed by atoms with Gasteiger partial charge in [0.05, 0.1) is 0 Å². The van der Waals surface area contributed by atoms with Crippen LogP contribution in [0.15, 0.2) is 0 Å². The van der Waals surface area contributed by atoms with E-state index in [0.717, 1.165) is 12.5 Å². The number of hydrogen-bond acceptors (Lipinski definition) is 3. The van der Waals surface area contributed by atoms with Crippen LogP contribution in [-0.4, -0.2) is 30.3 Å². The largest absolute Gasteiger partial charge is 0.444 e. The Morgan fingerprint density at radius 2 is 1.86 bits per heavy atom. The highest BCUT2D eigenvalue weighted by Gasteiger charge is 2.31. The van der Waals surface area contributed by atoms with Gasteiger partial charge in [0.2, 0.25) is 0 Å². The van der Waals surface area contributed by atoms with E-state index in [0.29, 0.717) is 18.0 Å². The Labute approximate surface area is 135 Å². The van der Waals surface area contributed by atoms with Crippen LogP contribution >= 0.6 is 0 Å². The van der Waals surface area contributed by atoms with E-state index in [1.54, 1.807) is 0 Å². The SMILES string of the molecule is CC1CCCC(NC2CCCC2CNC(=O)OC(C)(C)C)C1. The minimum absolute atomic E-state index is 0.288. The average Bonchev–Trinajstić information content (AvgIpc) is 2.82. The molecule has 0 aliphatic heterocycles. The molecule has 128 valence electrons. The van der Waals surface area contributed by atoms with E-state index in [1.165, 1.54) is 44.9 Å². The number of alkyl carbamates (subject to hydrolysis) is 1. The molecule has 4 unspecified atom stereocenters. The number of hydrogen-bond donors (Lipinski definition) is 2. The van der Waals surface area contributed by atoms with E-state index in [9.17, 15) is 4.79 Å². The van der Waals surface area contributed by atoms with Gasteiger partial charge in [-0.25, -0.2) is 4.79 Å². The van der Waals surface area contributed by atoms with Gasteiger partial charge in [0, 0.05) is 18.6 Å². The van der Waals surface area contributed by atoms with Gasteiger partial charge in [-0.15, -0.1) is 0 Å². The lowest BCUT2D eigenvalue weighted by molar-refractivity contribution is 0.0517. The molecule has 0 saturated heterocycles. The molecule has 0 radical (unpaired) electrons. The second-order valence-electron chi connectivity index (χ2n) is 8.32. The van der Waals surface area contributed by atoms with Crippen molar-refractivity contribution >= 4 is 6.09 Å². The predicted octanol–water partition coefficient (Wildman–Crippen LogP) is 3.85. The fourth-order valence-electron chi connectivity index (χ4n) is 3.92. The summed E-state index contributed by atoms with van der Waals surface area (Å²) in [6.45, 7) is 8.79. The topological polar surface area (TPSA) is 50.4 Å². The normalized spacial score (nSPS) is 32.7. The van der Waals surface area contributed by atoms with E-state index in [-0.39, 0.29) is 6.09 Å². The number of amides is 1. The molecule has 1 amide bonds. The van der Waals surface area contributed by atoms with E-state index in [4.69, 9.17) is 4.74 Å². The first-order valence-corrected chi connectivity index (χ1v) is 9.06. The maximum Gasteiger partial charge on any atom is 0.407 e. The molecule has 4 atom stereocenters. The number of carbonyl (C=O) groups is 1. The molecule has 4 heteroatoms. The molecule has 2 N–H and O–H groups in total. The molecule has 0 heterocycles. The number of nitrogens with one attached hydrogen (secondary N) is 2. The smallest absolute Gasteiger partial charge is 0.407 e. The van der Waals surface area contributed by atoms with Crippen molar-refractivity contribution in [2.45, 2.75) is 90.3 Å². The zero-order chi connectivity index (χ0) is 16.2. The second kappa shape index (κ2) is 7.67. The average molecular weight is 310 g/mol. The number of ether oxygens (including phenoxy) is 1. The third kappa shape index (κ3) is 5.79. The van der Waals surface area contributed by atoms with Gasteiger partial charge in [0.25, 0.3) is 0 Å². The van der Waals surface area contributed by atoms with Crippen molar-refractivity contribution in [3.63, 3.8) is 0 Å². The molecule has 2 saturated carbocycles. The summed E-state index contributed by atoms with van der Waals surface area (Å²) in [5.74, 6) is 1.40. The number of rotatable bonds is 4. The highest BCUT2D eigenvalue weighted by atomic mass is 16.6. The third-order valence-electron chi connectivity index (χ3n) is 4.95. The molecule has 4 nitrogen and oxygen atoms in total. The summed E-state index contributed by atoms with van der Waals surface area (Å²) in [4.78, 5) is 11.8. The highest BCUT2D eigenvalue weighted by Crippen LogP contribution is 2.29. The first kappa shape index (κ1) is 17.6. The predicted molar refractivity (Wildman–Crippen MR) is 89.9 cm³/mol. The Balaban J connectivity index is 1.74. The summed E-state index contributed by atoms with van der Waals surface area (Å²) in [6.07, 6.45) is 8.78. The zero-order valence-electron chi connectivity index (χ0n) is 14.8. The molecule has 2 rings (SSSR count). The van der Waals surface area contributed by atoms with Crippen LogP contribution in [0.3, 0.4) is 0 Å². The summed E-state index contributed by atoms with van der Waals surface area (Å²) < 4.78 is 5.33. The van der Waals surface area contributed by atoms with Crippen LogP contribution in [0, 0.1) is 11.8 Å². The number of carbonyl (C=O) groups excluding carboxylic acids is 1. The van der Waals surface area contributed by atoms with E-state index < -0.39 is 5.60 Å². The van der Waals surface area contributed by atoms with Crippen LogP contribution in [-0.2, 0) is 4.74 Å². The first-order valence-electron chi connectivity index (χ1n) is 9.06. The van der Waals surface area contributed by atoms with Gasteiger partial charge < -0.3 is 15.4 Å². The Kier molecular flexibility index (Phi) is 6.13. The molecule has 22 heavy (non-hydrogen) atoms. The second-order valence-corrected chi connectivity index (χ2v) is 8.32. The fraction of sp³-hybridized carbons (Fsp3) is 0.944. The van der Waals surface area contributed by atoms with Crippen LogP contribution in [0.25, 0.3) is 0 Å². The lowest BCUT2D eigenvalue weighted by atomic mass is 9.86. The lowest BCUT2D eigenvalue weighted by Gasteiger charge is -2.32. The highest BCUT2D eigenvalue weighted by molar-refractivity contribution is 5.67. The molecule has 0 aromatic heterocycles. The van der Waals surface area contributed by atoms with Gasteiger partial charge in [0.15, 0.2) is 0 Å². The maximum absolute atomic E-state index is 11.8. The maximum atomic E-state index is 11.8. The van der Waals surface area contributed by atoms with E-state index >= 15 is 0 Å². The van der Waals surface area contributed by atoms with Gasteiger partial charge in [-0.05, 0) is 58.3 Å². The van der Waals surface area contributed by atoms with Crippen molar-refractivity contribution in [3.05, 3.63) is 0 Å². The molecule has 0 aromatic rings. The van der Waals surface area contributed by atoms with Gasteiger partial charge in [-0.1, -0.05) is 26.2 Å². The Hall–Kier alpha value is -0.770. The molecule has 2 aliphatic carbocycles. The van der Waals surface area contributed by atoms with Crippen LogP contribution in [0.4, 0.5) is 4.79 Å². The summed E-state index contributed by atoms with van der Waals surface area (Å²) in [5.41, 5.74) is -0.421. The van der Waals surface area contributed by atoms with E-state index in [2.05, 4.69) is 17.6 Å². The van der Waals surface area contributed by atoms with Gasteiger partial charge in [-0.2, -0.15) is 0 Å². The third-order valence-corrected chi connectivity index (χ3v) is 4.95. The Bertz CT molecular complexity index is 365. The summed E-state index contributed by atoms with van der Waals surface area (Å²) in [7, 11) is 0. The Morgan fingerprint density at radius 1 is 1.14 bits per heavy atom. The Morgan fingerprint density at radius 3 is 2.55 bits per heavy atom. The summed E-state index contributed by atoms with van der Waals surface area (Å²) in [5, 5.41) is 6.83. The molecule has 0 bridgehead atoms. The summed E-state index contributed by atoms with van der Waals surface area (Å²) >= 11 is 0. The standard InChI is InChI=1S/C18H34N2O2/c1-13-7-5-9-15(11-13)20-16-10-6-8-14(16)12-19-17(21)22-18(2,3)4/h13-16,20H,5-12H2,1-4H3,(H,19,21). The lowest BCUT2D eigenvalue weighted by Crippen LogP contribution is -2.45. The minimum atomic E-state index is -0.421. The monoisotopic (exact) mass is 310 g/mol. The zero-order valence-corrected chi connectivity index (χ0v) is 14.8. The van der Waals surface area contributed by atoms with Gasteiger partial charge >= 0.3 is 6.09 Å². The van der Waals surface area contributed by atoms with Crippen LogP contribution in [0.5, 0.6) is 0 Å². The van der Waals surface area contributed by atoms with Crippen molar-refractivity contribution in [1.29, 1.82) is 0 Å². The van der Waals surface area contributed by atoms with Crippen molar-refractivity contribution in [2.24, 2.45) is 11.8 Å². The minimum Gasteiger partial charge on any atom is -0.444 e. The van der Waals surface area contributed by atoms with Crippen LogP contribution in [0.2, 0.25) is 0 Å². The first-order chi connectivity index (χ1) is 10.3. The van der Waals surface area contributed by atoms with Crippen molar-refractivity contribution in [3.8, 4) is 0 Å². The molecule has 0 spiro atoms. The van der Waals surface area contributed by atoms with Gasteiger partial charge in [-0.3, -0.25) is 0 Å². The van der Waals surface area contributed by atoms with Crippen molar-refractivity contribution in [1.82, 2.24) is 10.6 Å². The van der Waals surface area contributed by atoms with Crippen LogP contribution < -0.4 is 10.6 Å². The van der Waals surface area contributed by atoms with Crippen molar-refractivity contribution in [2.75, 3.05) is 6.54 Å². The summed E-state index contributed by atoms with van der Waals surface area (Å²) in [6, 6.07) is 1.24. The van der Waals surface area contributed by atoms with Crippen molar-refractivity contribution < 1.29 is 9.53 Å². The van der Waals surface area contributed by atoms with E-state index in [1.807, 2.05) is 20.8 Å². The fourth-order valence-corrected chi connectivity index (χ4v) is 3.92.